The molecule has 1 aromatic carbocycles. The van der Waals surface area contributed by atoms with Crippen LogP contribution in [0.4, 0.5) is 10.1 Å². The van der Waals surface area contributed by atoms with Crippen LogP contribution in [0.5, 0.6) is 0 Å². The number of anilines is 1. The highest BCUT2D eigenvalue weighted by Gasteiger charge is 2.27. The molecule has 0 aliphatic rings. The van der Waals surface area contributed by atoms with E-state index in [1.165, 1.54) is 6.07 Å². The van der Waals surface area contributed by atoms with Gasteiger partial charge in [0.2, 0.25) is 10.0 Å². The summed E-state index contributed by atoms with van der Waals surface area (Å²) in [6.45, 7) is 8.13. The fourth-order valence-corrected chi connectivity index (χ4v) is 3.31. The first kappa shape index (κ1) is 17.4. The molecule has 0 aliphatic carbocycles. The van der Waals surface area contributed by atoms with Crippen molar-refractivity contribution in [2.75, 3.05) is 12.3 Å². The fourth-order valence-electron chi connectivity index (χ4n) is 1.34. The molecule has 0 atom stereocenters. The minimum absolute atomic E-state index is 0.0287. The van der Waals surface area contributed by atoms with E-state index < -0.39 is 20.7 Å². The average molecular weight is 367 g/mol. The molecule has 0 fully saturated rings. The van der Waals surface area contributed by atoms with Crippen LogP contribution in [-0.4, -0.2) is 15.0 Å². The van der Waals surface area contributed by atoms with Crippen LogP contribution in [0, 0.1) is 17.2 Å². The zero-order chi connectivity index (χ0) is 15.7. The second kappa shape index (κ2) is 5.99. The van der Waals surface area contributed by atoms with Crippen LogP contribution >= 0.6 is 15.9 Å². The van der Waals surface area contributed by atoms with Crippen molar-refractivity contribution >= 4 is 31.6 Å². The molecule has 1 aromatic rings. The van der Waals surface area contributed by atoms with E-state index in [4.69, 9.17) is 5.73 Å². The molecule has 0 saturated heterocycles. The topological polar surface area (TPSA) is 72.2 Å². The number of nitrogens with one attached hydrogen (secondary N) is 1. The second-order valence-electron chi connectivity index (χ2n) is 5.78. The summed E-state index contributed by atoms with van der Waals surface area (Å²) in [6, 6.07) is 2.44. The highest BCUT2D eigenvalue weighted by molar-refractivity contribution is 9.10. The molecule has 0 amide bonds. The summed E-state index contributed by atoms with van der Waals surface area (Å²) in [5.74, 6) is -0.559. The molecule has 1 rings (SSSR count). The van der Waals surface area contributed by atoms with Gasteiger partial charge in [-0.25, -0.2) is 17.5 Å². The van der Waals surface area contributed by atoms with Gasteiger partial charge in [0.25, 0.3) is 0 Å². The Bertz CT molecular complexity index is 601. The molecule has 20 heavy (non-hydrogen) atoms. The molecule has 4 nitrogen and oxygen atoms in total. The maximum Gasteiger partial charge on any atom is 0.243 e. The third-order valence-electron chi connectivity index (χ3n) is 3.59. The van der Waals surface area contributed by atoms with Crippen LogP contribution in [-0.2, 0) is 10.0 Å². The third-order valence-corrected chi connectivity index (χ3v) is 5.56. The molecule has 0 saturated carbocycles. The summed E-state index contributed by atoms with van der Waals surface area (Å²) in [4.78, 5) is -0.441. The van der Waals surface area contributed by atoms with Gasteiger partial charge in [-0.15, -0.1) is 0 Å². The minimum Gasteiger partial charge on any atom is -0.399 e. The highest BCUT2D eigenvalue weighted by Crippen LogP contribution is 2.28. The molecular formula is C13H20BrFN2O2S. The molecule has 114 valence electrons. The SMILES string of the molecule is CC(C)C(C)(C)CNS(=O)(=O)c1cc(N)cc(Br)c1F. The molecule has 0 heterocycles. The molecule has 0 aliphatic heterocycles. The number of sulfonamides is 1. The summed E-state index contributed by atoms with van der Waals surface area (Å²) < 4.78 is 40.8. The van der Waals surface area contributed by atoms with E-state index in [9.17, 15) is 12.8 Å². The van der Waals surface area contributed by atoms with Crippen LogP contribution in [0.3, 0.4) is 0 Å². The Hall–Kier alpha value is -0.660. The Morgan fingerprint density at radius 1 is 1.40 bits per heavy atom. The van der Waals surface area contributed by atoms with Crippen molar-refractivity contribution < 1.29 is 12.8 Å². The van der Waals surface area contributed by atoms with Crippen LogP contribution in [0.15, 0.2) is 21.5 Å². The Balaban J connectivity index is 3.07. The van der Waals surface area contributed by atoms with E-state index in [1.54, 1.807) is 0 Å². The lowest BCUT2D eigenvalue weighted by molar-refractivity contribution is 0.252. The number of halogens is 2. The van der Waals surface area contributed by atoms with Gasteiger partial charge in [0.1, 0.15) is 4.90 Å². The predicted octanol–water partition coefficient (Wildman–Crippen LogP) is 3.13. The summed E-state index contributed by atoms with van der Waals surface area (Å²) in [5, 5.41) is 0. The quantitative estimate of drug-likeness (QED) is 0.786. The van der Waals surface area contributed by atoms with Crippen LogP contribution < -0.4 is 10.5 Å². The first-order valence-electron chi connectivity index (χ1n) is 6.21. The smallest absolute Gasteiger partial charge is 0.243 e. The summed E-state index contributed by atoms with van der Waals surface area (Å²) in [7, 11) is -3.94. The zero-order valence-electron chi connectivity index (χ0n) is 12.0. The molecule has 0 spiro atoms. The number of hydrogen-bond donors (Lipinski definition) is 2. The number of hydrogen-bond acceptors (Lipinski definition) is 3. The van der Waals surface area contributed by atoms with E-state index >= 15 is 0 Å². The monoisotopic (exact) mass is 366 g/mol. The minimum atomic E-state index is -3.94. The van der Waals surface area contributed by atoms with Gasteiger partial charge in [0.05, 0.1) is 4.47 Å². The standard InChI is InChI=1S/C13H20BrFN2O2S/c1-8(2)13(3,4)7-17-20(18,19)11-6-9(16)5-10(14)12(11)15/h5-6,8,17H,7,16H2,1-4H3. The fraction of sp³-hybridized carbons (Fsp3) is 0.538. The van der Waals surface area contributed by atoms with Crippen molar-refractivity contribution in [2.24, 2.45) is 11.3 Å². The Morgan fingerprint density at radius 2 is 1.95 bits per heavy atom. The van der Waals surface area contributed by atoms with E-state index in [-0.39, 0.29) is 28.0 Å². The van der Waals surface area contributed by atoms with Crippen molar-refractivity contribution in [3.8, 4) is 0 Å². The largest absolute Gasteiger partial charge is 0.399 e. The van der Waals surface area contributed by atoms with E-state index in [0.29, 0.717) is 0 Å². The molecule has 7 heteroatoms. The van der Waals surface area contributed by atoms with E-state index in [2.05, 4.69) is 20.7 Å². The van der Waals surface area contributed by atoms with E-state index in [0.717, 1.165) is 6.07 Å². The van der Waals surface area contributed by atoms with Gasteiger partial charge in [-0.3, -0.25) is 0 Å². The van der Waals surface area contributed by atoms with Gasteiger partial charge in [0.15, 0.2) is 5.82 Å². The van der Waals surface area contributed by atoms with Crippen molar-refractivity contribution in [2.45, 2.75) is 32.6 Å². The first-order valence-corrected chi connectivity index (χ1v) is 8.49. The van der Waals surface area contributed by atoms with Gasteiger partial charge in [-0.2, -0.15) is 0 Å². The van der Waals surface area contributed by atoms with Crippen molar-refractivity contribution in [3.05, 3.63) is 22.4 Å². The Labute approximate surface area is 128 Å². The molecule has 0 aromatic heterocycles. The van der Waals surface area contributed by atoms with Gasteiger partial charge in [-0.1, -0.05) is 27.7 Å². The maximum absolute atomic E-state index is 13.9. The average Bonchev–Trinajstić information content (AvgIpc) is 2.31. The van der Waals surface area contributed by atoms with Crippen molar-refractivity contribution in [1.29, 1.82) is 0 Å². The number of rotatable bonds is 5. The van der Waals surface area contributed by atoms with Gasteiger partial charge < -0.3 is 5.73 Å². The van der Waals surface area contributed by atoms with Crippen LogP contribution in [0.2, 0.25) is 0 Å². The Kier molecular flexibility index (Phi) is 5.21. The van der Waals surface area contributed by atoms with Gasteiger partial charge in [0, 0.05) is 12.2 Å². The maximum atomic E-state index is 13.9. The van der Waals surface area contributed by atoms with Gasteiger partial charge >= 0.3 is 0 Å². The number of nitrogen functional groups attached to an aromatic ring is 1. The van der Waals surface area contributed by atoms with Crippen LogP contribution in [0.25, 0.3) is 0 Å². The summed E-state index contributed by atoms with van der Waals surface area (Å²) in [6.07, 6.45) is 0. The normalized spacial score (nSPS) is 12.9. The first-order chi connectivity index (χ1) is 8.97. The number of nitrogens with two attached hydrogens (primary N) is 1. The summed E-state index contributed by atoms with van der Waals surface area (Å²) in [5.41, 5.74) is 5.51. The lowest BCUT2D eigenvalue weighted by Gasteiger charge is -2.29. The lowest BCUT2D eigenvalue weighted by Crippen LogP contribution is -2.37. The number of benzene rings is 1. The predicted molar refractivity (Wildman–Crippen MR) is 82.3 cm³/mol. The van der Waals surface area contributed by atoms with Crippen LogP contribution in [0.1, 0.15) is 27.7 Å². The Morgan fingerprint density at radius 3 is 2.45 bits per heavy atom. The molecule has 3 N–H and O–H groups in total. The molecule has 0 unspecified atom stereocenters. The molecule has 0 bridgehead atoms. The highest BCUT2D eigenvalue weighted by atomic mass is 79.9. The third kappa shape index (κ3) is 3.93. The zero-order valence-corrected chi connectivity index (χ0v) is 14.4. The van der Waals surface area contributed by atoms with Crippen molar-refractivity contribution in [1.82, 2.24) is 4.72 Å². The van der Waals surface area contributed by atoms with E-state index in [1.807, 2.05) is 27.7 Å². The lowest BCUT2D eigenvalue weighted by atomic mass is 9.81. The summed E-state index contributed by atoms with van der Waals surface area (Å²) >= 11 is 2.96. The second-order valence-corrected chi connectivity index (χ2v) is 8.37. The molecular weight excluding hydrogens is 347 g/mol. The van der Waals surface area contributed by atoms with Gasteiger partial charge in [-0.05, 0) is 39.4 Å². The van der Waals surface area contributed by atoms with Crippen molar-refractivity contribution in [3.63, 3.8) is 0 Å². The molecule has 0 radical (unpaired) electrons.